The number of thioether (sulfide) groups is 1. The van der Waals surface area contributed by atoms with Gasteiger partial charge in [0.2, 0.25) is 0 Å². The van der Waals surface area contributed by atoms with Gasteiger partial charge in [0, 0.05) is 17.7 Å². The molecule has 10 heteroatoms. The Morgan fingerprint density at radius 3 is 2.56 bits per heavy atom. The van der Waals surface area contributed by atoms with Crippen molar-refractivity contribution in [1.82, 2.24) is 20.2 Å². The summed E-state index contributed by atoms with van der Waals surface area (Å²) in [6, 6.07) is 12.4. The second-order valence-corrected chi connectivity index (χ2v) is 7.63. The molecule has 0 fully saturated rings. The van der Waals surface area contributed by atoms with Crippen LogP contribution in [0.4, 0.5) is 0 Å². The van der Waals surface area contributed by atoms with Crippen LogP contribution in [0.25, 0.3) is 11.4 Å². The molecule has 2 aromatic carbocycles. The summed E-state index contributed by atoms with van der Waals surface area (Å²) < 4.78 is 12.3. The average molecular weight is 456 g/mol. The zero-order valence-corrected chi connectivity index (χ0v) is 19.1. The summed E-state index contributed by atoms with van der Waals surface area (Å²) in [6.07, 6.45) is 0. The maximum atomic E-state index is 12.3. The Morgan fingerprint density at radius 1 is 1.16 bits per heavy atom. The summed E-state index contributed by atoms with van der Waals surface area (Å²) >= 11 is 1.29. The van der Waals surface area contributed by atoms with Crippen molar-refractivity contribution in [2.75, 3.05) is 20.0 Å². The molecule has 1 aromatic heterocycles. The van der Waals surface area contributed by atoms with Crippen molar-refractivity contribution in [3.8, 4) is 28.6 Å². The van der Waals surface area contributed by atoms with Crippen LogP contribution in [0.15, 0.2) is 52.7 Å². The van der Waals surface area contributed by atoms with Gasteiger partial charge in [0.1, 0.15) is 5.75 Å². The molecular formula is C22H25N5O4S. The van der Waals surface area contributed by atoms with Crippen molar-refractivity contribution < 1.29 is 19.4 Å². The molecule has 3 rings (SSSR count). The van der Waals surface area contributed by atoms with Gasteiger partial charge < -0.3 is 19.1 Å². The SMILES string of the molecule is CCn1c(SCC(=O)N/N=C(/C)c2ccc(O)c(OC)c2)nnc1-c1ccc(OC)cc1. The molecular weight excluding hydrogens is 430 g/mol. The van der Waals surface area contributed by atoms with Crippen LogP contribution in [-0.4, -0.2) is 51.5 Å². The van der Waals surface area contributed by atoms with Crippen LogP contribution in [0.3, 0.4) is 0 Å². The number of rotatable bonds is 9. The molecule has 168 valence electrons. The Bertz CT molecular complexity index is 1110. The Hall–Kier alpha value is -3.53. The summed E-state index contributed by atoms with van der Waals surface area (Å²) in [7, 11) is 3.09. The van der Waals surface area contributed by atoms with Crippen LogP contribution in [-0.2, 0) is 11.3 Å². The largest absolute Gasteiger partial charge is 0.504 e. The van der Waals surface area contributed by atoms with Gasteiger partial charge in [-0.3, -0.25) is 4.79 Å². The fourth-order valence-electron chi connectivity index (χ4n) is 2.91. The molecule has 0 aliphatic heterocycles. The lowest BCUT2D eigenvalue weighted by Gasteiger charge is -2.08. The lowest BCUT2D eigenvalue weighted by Crippen LogP contribution is -2.21. The minimum Gasteiger partial charge on any atom is -0.504 e. The molecule has 1 amide bonds. The number of hydrogen-bond donors (Lipinski definition) is 2. The third-order valence-electron chi connectivity index (χ3n) is 4.66. The van der Waals surface area contributed by atoms with Gasteiger partial charge in [0.05, 0.1) is 25.7 Å². The summed E-state index contributed by atoms with van der Waals surface area (Å²) in [4.78, 5) is 12.3. The van der Waals surface area contributed by atoms with Gasteiger partial charge in [-0.1, -0.05) is 11.8 Å². The molecule has 1 heterocycles. The molecule has 0 unspecified atom stereocenters. The van der Waals surface area contributed by atoms with Crippen LogP contribution in [0, 0.1) is 0 Å². The number of nitrogens with one attached hydrogen (secondary N) is 1. The Balaban J connectivity index is 1.63. The maximum absolute atomic E-state index is 12.3. The number of nitrogens with zero attached hydrogens (tertiary/aromatic N) is 4. The third-order valence-corrected chi connectivity index (χ3v) is 5.63. The summed E-state index contributed by atoms with van der Waals surface area (Å²) in [5.74, 6) is 1.74. The van der Waals surface area contributed by atoms with E-state index in [9.17, 15) is 9.90 Å². The molecule has 9 nitrogen and oxygen atoms in total. The highest BCUT2D eigenvalue weighted by atomic mass is 32.2. The van der Waals surface area contributed by atoms with E-state index >= 15 is 0 Å². The molecule has 0 spiro atoms. The van der Waals surface area contributed by atoms with E-state index in [0.29, 0.717) is 23.2 Å². The average Bonchev–Trinajstić information content (AvgIpc) is 3.24. The minimum atomic E-state index is -0.267. The first kappa shape index (κ1) is 23.1. The fourth-order valence-corrected chi connectivity index (χ4v) is 3.70. The van der Waals surface area contributed by atoms with E-state index < -0.39 is 0 Å². The smallest absolute Gasteiger partial charge is 0.250 e. The van der Waals surface area contributed by atoms with Gasteiger partial charge in [-0.15, -0.1) is 10.2 Å². The van der Waals surface area contributed by atoms with Gasteiger partial charge in [0.25, 0.3) is 5.91 Å². The van der Waals surface area contributed by atoms with Crippen molar-refractivity contribution in [3.63, 3.8) is 0 Å². The molecule has 0 bridgehead atoms. The molecule has 3 aromatic rings. The molecule has 2 N–H and O–H groups in total. The van der Waals surface area contributed by atoms with Crippen molar-refractivity contribution in [2.45, 2.75) is 25.5 Å². The predicted molar refractivity (Wildman–Crippen MR) is 123 cm³/mol. The first-order valence-corrected chi connectivity index (χ1v) is 10.9. The summed E-state index contributed by atoms with van der Waals surface area (Å²) in [5.41, 5.74) is 4.77. The van der Waals surface area contributed by atoms with Crippen LogP contribution in [0.1, 0.15) is 19.4 Å². The zero-order chi connectivity index (χ0) is 23.1. The van der Waals surface area contributed by atoms with Crippen LogP contribution in [0.5, 0.6) is 17.2 Å². The monoisotopic (exact) mass is 455 g/mol. The number of amides is 1. The number of hydrogen-bond acceptors (Lipinski definition) is 8. The maximum Gasteiger partial charge on any atom is 0.250 e. The number of ether oxygens (including phenoxy) is 2. The van der Waals surface area contributed by atoms with Gasteiger partial charge in [-0.2, -0.15) is 5.10 Å². The highest BCUT2D eigenvalue weighted by molar-refractivity contribution is 7.99. The molecule has 0 aliphatic carbocycles. The quantitative estimate of drug-likeness (QED) is 0.289. The first-order valence-electron chi connectivity index (χ1n) is 9.87. The number of aromatic hydroxyl groups is 1. The molecule has 0 atom stereocenters. The summed E-state index contributed by atoms with van der Waals surface area (Å²) in [6.45, 7) is 4.42. The van der Waals surface area contributed by atoms with Crippen LogP contribution in [0.2, 0.25) is 0 Å². The third kappa shape index (κ3) is 5.38. The van der Waals surface area contributed by atoms with Gasteiger partial charge in [0.15, 0.2) is 22.5 Å². The number of phenols is 1. The van der Waals surface area contributed by atoms with Crippen molar-refractivity contribution >= 4 is 23.4 Å². The molecule has 0 radical (unpaired) electrons. The fraction of sp³-hybridized carbons (Fsp3) is 0.273. The topological polar surface area (TPSA) is 111 Å². The van der Waals surface area contributed by atoms with Gasteiger partial charge >= 0.3 is 0 Å². The lowest BCUT2D eigenvalue weighted by atomic mass is 10.1. The van der Waals surface area contributed by atoms with Gasteiger partial charge in [-0.05, 0) is 56.3 Å². The zero-order valence-electron chi connectivity index (χ0n) is 18.3. The highest BCUT2D eigenvalue weighted by Crippen LogP contribution is 2.27. The van der Waals surface area contributed by atoms with Crippen LogP contribution >= 0.6 is 11.8 Å². The number of aromatic nitrogens is 3. The van der Waals surface area contributed by atoms with E-state index in [1.54, 1.807) is 26.2 Å². The molecule has 0 aliphatic rings. The number of hydrazone groups is 1. The Morgan fingerprint density at radius 2 is 1.91 bits per heavy atom. The second kappa shape index (κ2) is 10.7. The molecule has 0 saturated heterocycles. The molecule has 0 saturated carbocycles. The number of carbonyl (C=O) groups is 1. The number of methoxy groups -OCH3 is 2. The summed E-state index contributed by atoms with van der Waals surface area (Å²) in [5, 5.41) is 23.0. The van der Waals surface area contributed by atoms with Crippen molar-refractivity contribution in [2.24, 2.45) is 5.10 Å². The van der Waals surface area contributed by atoms with Crippen LogP contribution < -0.4 is 14.9 Å². The Labute approximate surface area is 190 Å². The number of phenolic OH excluding ortho intramolecular Hbond substituents is 1. The van der Waals surface area contributed by atoms with E-state index in [2.05, 4.69) is 20.7 Å². The van der Waals surface area contributed by atoms with E-state index in [1.807, 2.05) is 35.8 Å². The minimum absolute atomic E-state index is 0.0403. The molecule has 32 heavy (non-hydrogen) atoms. The van der Waals surface area contributed by atoms with Crippen molar-refractivity contribution in [3.05, 3.63) is 48.0 Å². The second-order valence-electron chi connectivity index (χ2n) is 6.69. The number of benzene rings is 2. The van der Waals surface area contributed by atoms with E-state index in [0.717, 1.165) is 22.7 Å². The van der Waals surface area contributed by atoms with E-state index in [4.69, 9.17) is 9.47 Å². The van der Waals surface area contributed by atoms with Gasteiger partial charge in [-0.25, -0.2) is 5.43 Å². The Kier molecular flexibility index (Phi) is 7.72. The lowest BCUT2D eigenvalue weighted by molar-refractivity contribution is -0.118. The standard InChI is InChI=1S/C22H25N5O4S/c1-5-27-21(15-6-9-17(30-3)10-7-15)25-26-22(27)32-13-20(29)24-23-14(2)16-8-11-18(28)19(12-16)31-4/h6-12,28H,5,13H2,1-4H3,(H,24,29)/b23-14-. The number of carbonyl (C=O) groups excluding carboxylic acids is 1. The predicted octanol–water partition coefficient (Wildman–Crippen LogP) is 3.32. The van der Waals surface area contributed by atoms with E-state index in [1.165, 1.54) is 24.9 Å². The first-order chi connectivity index (χ1) is 15.5. The normalized spacial score (nSPS) is 11.3. The highest BCUT2D eigenvalue weighted by Gasteiger charge is 2.15. The van der Waals surface area contributed by atoms with Crippen molar-refractivity contribution in [1.29, 1.82) is 0 Å². The van der Waals surface area contributed by atoms with E-state index in [-0.39, 0.29) is 17.4 Å².